The van der Waals surface area contributed by atoms with Crippen LogP contribution in [0.1, 0.15) is 35.8 Å². The van der Waals surface area contributed by atoms with Crippen LogP contribution in [0.15, 0.2) is 36.7 Å². The van der Waals surface area contributed by atoms with Crippen LogP contribution >= 0.6 is 0 Å². The highest BCUT2D eigenvalue weighted by molar-refractivity contribution is 5.93. The van der Waals surface area contributed by atoms with Crippen molar-refractivity contribution in [2.75, 3.05) is 25.2 Å². The van der Waals surface area contributed by atoms with E-state index in [9.17, 15) is 4.79 Å². The summed E-state index contributed by atoms with van der Waals surface area (Å²) in [7, 11) is 0. The Morgan fingerprint density at radius 1 is 1.16 bits per heavy atom. The van der Waals surface area contributed by atoms with E-state index in [-0.39, 0.29) is 7.33 Å². The van der Waals surface area contributed by atoms with Crippen LogP contribution in [0, 0.1) is 0 Å². The Bertz CT molecular complexity index is 720. The van der Waals surface area contributed by atoms with Gasteiger partial charge in [-0.25, -0.2) is 9.97 Å². The van der Waals surface area contributed by atoms with Gasteiger partial charge in [0.1, 0.15) is 6.73 Å². The Hall–Kier alpha value is -2.47. The zero-order valence-electron chi connectivity index (χ0n) is 14.1. The first-order chi connectivity index (χ1) is 12.3. The van der Waals surface area contributed by atoms with E-state index in [4.69, 9.17) is 4.74 Å². The monoisotopic (exact) mass is 340 g/mol. The molecule has 132 valence electrons. The molecule has 0 radical (unpaired) electrons. The summed E-state index contributed by atoms with van der Waals surface area (Å²) in [5.74, 6) is 0.503. The number of hydrogen-bond donors (Lipinski definition) is 1. The average Bonchev–Trinajstić information content (AvgIpc) is 2.86. The van der Waals surface area contributed by atoms with Gasteiger partial charge >= 0.3 is 0 Å². The first kappa shape index (κ1) is 16.0. The van der Waals surface area contributed by atoms with Gasteiger partial charge in [0.2, 0.25) is 5.95 Å². The van der Waals surface area contributed by atoms with E-state index < -0.39 is 0 Å². The topological polar surface area (TPSA) is 67.4 Å². The number of carbonyl (C=O) groups is 1. The van der Waals surface area contributed by atoms with E-state index in [2.05, 4.69) is 39.6 Å². The molecule has 1 fully saturated rings. The van der Waals surface area contributed by atoms with Crippen molar-refractivity contribution >= 4 is 11.9 Å². The van der Waals surface area contributed by atoms with Gasteiger partial charge in [-0.1, -0.05) is 24.3 Å². The third-order valence-electron chi connectivity index (χ3n) is 4.78. The van der Waals surface area contributed by atoms with Gasteiger partial charge < -0.3 is 15.0 Å². The Balaban J connectivity index is 0.00000196. The lowest BCUT2D eigenvalue weighted by atomic mass is 10.1. The molecule has 2 aromatic rings. The quantitative estimate of drug-likeness (QED) is 0.930. The van der Waals surface area contributed by atoms with E-state index in [0.29, 0.717) is 30.9 Å². The molecule has 2 aliphatic rings. The Labute approximate surface area is 148 Å². The molecule has 4 rings (SSSR count). The van der Waals surface area contributed by atoms with Gasteiger partial charge in [0.25, 0.3) is 5.91 Å². The number of ether oxygens (including phenoxy) is 1. The van der Waals surface area contributed by atoms with Crippen molar-refractivity contribution < 1.29 is 11.0 Å². The summed E-state index contributed by atoms with van der Waals surface area (Å²) in [6.07, 6.45) is 7.12. The van der Waals surface area contributed by atoms with Crippen molar-refractivity contribution in [2.45, 2.75) is 31.7 Å². The van der Waals surface area contributed by atoms with E-state index in [1.165, 1.54) is 11.1 Å². The minimum absolute atomic E-state index is 0. The largest absolute Gasteiger partial charge is 0.361 e. The molecule has 1 aromatic carbocycles. The zero-order chi connectivity index (χ0) is 17.1. The summed E-state index contributed by atoms with van der Waals surface area (Å²) in [5, 5.41) is 3.37. The number of rotatable bonds is 3. The molecule has 0 spiro atoms. The van der Waals surface area contributed by atoms with Crippen LogP contribution in [-0.4, -0.2) is 46.7 Å². The van der Waals surface area contributed by atoms with E-state index >= 15 is 0 Å². The van der Waals surface area contributed by atoms with Crippen LogP contribution in [0.2, 0.25) is 0 Å². The molecule has 1 N–H and O–H groups in total. The van der Waals surface area contributed by atoms with E-state index in [0.717, 1.165) is 32.2 Å². The standard InChI is InChI=1S/C19H22N4O2.H2/c24-18(23-7-3-4-8-25-13-23)16-11-20-19(21-12-16)22-17-9-14-5-1-2-6-15(14)10-17;/h1-2,5-6,11-12,17H,3-4,7-10,13H2,(H,20,21,22);1H. The molecule has 25 heavy (non-hydrogen) atoms. The smallest absolute Gasteiger partial charge is 0.258 e. The summed E-state index contributed by atoms with van der Waals surface area (Å²) in [6.45, 7) is 1.78. The second-order valence-corrected chi connectivity index (χ2v) is 6.63. The SMILES string of the molecule is O=C(c1cnc(NC2Cc3ccccc3C2)nc1)N1CCCCOC1.[HH]. The molecule has 0 bridgehead atoms. The third-order valence-corrected chi connectivity index (χ3v) is 4.78. The Morgan fingerprint density at radius 2 is 1.88 bits per heavy atom. The Kier molecular flexibility index (Phi) is 4.61. The number of benzene rings is 1. The van der Waals surface area contributed by atoms with Crippen LogP contribution in [0.5, 0.6) is 0 Å². The number of amides is 1. The highest BCUT2D eigenvalue weighted by Gasteiger charge is 2.22. The molecular weight excluding hydrogens is 316 g/mol. The van der Waals surface area contributed by atoms with Gasteiger partial charge in [0.15, 0.2) is 0 Å². The highest BCUT2D eigenvalue weighted by atomic mass is 16.5. The predicted molar refractivity (Wildman–Crippen MR) is 96.5 cm³/mol. The number of hydrogen-bond acceptors (Lipinski definition) is 5. The molecule has 0 unspecified atom stereocenters. The van der Waals surface area contributed by atoms with E-state index in [1.807, 2.05) is 0 Å². The van der Waals surface area contributed by atoms with Crippen molar-refractivity contribution in [2.24, 2.45) is 0 Å². The third kappa shape index (κ3) is 3.64. The van der Waals surface area contributed by atoms with Crippen molar-refractivity contribution in [3.63, 3.8) is 0 Å². The summed E-state index contributed by atoms with van der Waals surface area (Å²) in [5.41, 5.74) is 3.27. The molecule has 1 aromatic heterocycles. The zero-order valence-corrected chi connectivity index (χ0v) is 14.1. The molecule has 1 amide bonds. The second-order valence-electron chi connectivity index (χ2n) is 6.63. The first-order valence-electron chi connectivity index (χ1n) is 8.82. The number of nitrogens with zero attached hydrogens (tertiary/aromatic N) is 3. The van der Waals surface area contributed by atoms with Crippen molar-refractivity contribution in [1.29, 1.82) is 0 Å². The van der Waals surface area contributed by atoms with E-state index in [1.54, 1.807) is 17.3 Å². The minimum atomic E-state index is -0.0679. The number of nitrogens with one attached hydrogen (secondary N) is 1. The number of anilines is 1. The lowest BCUT2D eigenvalue weighted by molar-refractivity contribution is 0.0368. The minimum Gasteiger partial charge on any atom is -0.361 e. The van der Waals surface area contributed by atoms with Crippen molar-refractivity contribution in [3.05, 3.63) is 53.3 Å². The predicted octanol–water partition coefficient (Wildman–Crippen LogP) is 2.51. The lowest BCUT2D eigenvalue weighted by Crippen LogP contribution is -2.33. The fraction of sp³-hybridized carbons (Fsp3) is 0.421. The molecule has 0 atom stereocenters. The van der Waals surface area contributed by atoms with Crippen LogP contribution in [-0.2, 0) is 17.6 Å². The maximum absolute atomic E-state index is 12.5. The number of carbonyl (C=O) groups excluding carboxylic acids is 1. The van der Waals surface area contributed by atoms with Gasteiger partial charge in [-0.05, 0) is 36.8 Å². The summed E-state index contributed by atoms with van der Waals surface area (Å²) in [4.78, 5) is 22.9. The summed E-state index contributed by atoms with van der Waals surface area (Å²) in [6, 6.07) is 8.79. The number of fused-ring (bicyclic) bond motifs is 1. The lowest BCUT2D eigenvalue weighted by Gasteiger charge is -2.19. The van der Waals surface area contributed by atoms with Crippen molar-refractivity contribution in [3.8, 4) is 0 Å². The van der Waals surface area contributed by atoms with Gasteiger partial charge in [0.05, 0.1) is 5.56 Å². The van der Waals surface area contributed by atoms with Gasteiger partial charge in [-0.15, -0.1) is 0 Å². The first-order valence-corrected chi connectivity index (χ1v) is 8.82. The molecule has 0 saturated carbocycles. The maximum Gasteiger partial charge on any atom is 0.258 e. The molecule has 1 aliphatic heterocycles. The van der Waals surface area contributed by atoms with Crippen LogP contribution in [0.4, 0.5) is 5.95 Å². The number of aromatic nitrogens is 2. The second kappa shape index (κ2) is 7.19. The molecule has 1 aliphatic carbocycles. The fourth-order valence-electron chi connectivity index (χ4n) is 3.45. The molecular formula is C19H24N4O2. The normalized spacial score (nSPS) is 17.8. The van der Waals surface area contributed by atoms with Crippen molar-refractivity contribution in [1.82, 2.24) is 14.9 Å². The summed E-state index contributed by atoms with van der Waals surface area (Å²) >= 11 is 0. The molecule has 2 heterocycles. The van der Waals surface area contributed by atoms with Gasteiger partial charge in [0, 0.05) is 33.0 Å². The molecule has 6 nitrogen and oxygen atoms in total. The van der Waals surface area contributed by atoms with Crippen LogP contribution in [0.25, 0.3) is 0 Å². The fourth-order valence-corrected chi connectivity index (χ4v) is 3.45. The van der Waals surface area contributed by atoms with Crippen LogP contribution < -0.4 is 5.32 Å². The van der Waals surface area contributed by atoms with Crippen LogP contribution in [0.3, 0.4) is 0 Å². The molecule has 6 heteroatoms. The average molecular weight is 340 g/mol. The maximum atomic E-state index is 12.5. The summed E-state index contributed by atoms with van der Waals surface area (Å²) < 4.78 is 5.44. The molecule has 1 saturated heterocycles. The van der Waals surface area contributed by atoms with Gasteiger partial charge in [-0.2, -0.15) is 0 Å². The van der Waals surface area contributed by atoms with Gasteiger partial charge in [-0.3, -0.25) is 4.79 Å². The highest BCUT2D eigenvalue weighted by Crippen LogP contribution is 2.23. The Morgan fingerprint density at radius 3 is 2.60 bits per heavy atom.